The second kappa shape index (κ2) is 8.16. The van der Waals surface area contributed by atoms with E-state index in [9.17, 15) is 23.5 Å². The van der Waals surface area contributed by atoms with Gasteiger partial charge in [-0.1, -0.05) is 18.2 Å². The van der Waals surface area contributed by atoms with Crippen LogP contribution in [-0.2, 0) is 6.42 Å². The zero-order chi connectivity index (χ0) is 23.1. The van der Waals surface area contributed by atoms with Crippen molar-refractivity contribution in [3.63, 3.8) is 0 Å². The van der Waals surface area contributed by atoms with Crippen LogP contribution < -0.4 is 10.4 Å². The lowest BCUT2D eigenvalue weighted by Crippen LogP contribution is -2.55. The Morgan fingerprint density at radius 3 is 2.67 bits per heavy atom. The first kappa shape index (κ1) is 20.9. The lowest BCUT2D eigenvalue weighted by atomic mass is 9.93. The van der Waals surface area contributed by atoms with Gasteiger partial charge in [0, 0.05) is 25.0 Å². The lowest BCUT2D eigenvalue weighted by Gasteiger charge is -2.43. The van der Waals surface area contributed by atoms with Crippen LogP contribution in [0.3, 0.4) is 0 Å². The van der Waals surface area contributed by atoms with Crippen molar-refractivity contribution in [2.24, 2.45) is 0 Å². The van der Waals surface area contributed by atoms with E-state index in [1.807, 2.05) is 12.2 Å². The fourth-order valence-corrected chi connectivity index (χ4v) is 4.38. The molecular weight excluding hydrogens is 430 g/mol. The zero-order valence-corrected chi connectivity index (χ0v) is 17.5. The molecule has 5 rings (SSSR count). The number of carbonyl (C=O) groups is 1. The van der Waals surface area contributed by atoms with Crippen LogP contribution in [0.25, 0.3) is 0 Å². The van der Waals surface area contributed by atoms with E-state index in [-0.39, 0.29) is 18.9 Å². The average Bonchev–Trinajstić information content (AvgIpc) is 2.84. The SMILES string of the molecule is O=C1c2c(O)c(=O)ccn2N2CN1C/C=C\CCc1cc(F)c(F)cc1C2c1ccccn1. The van der Waals surface area contributed by atoms with Gasteiger partial charge in [0.1, 0.15) is 12.7 Å². The van der Waals surface area contributed by atoms with Crippen LogP contribution in [0, 0.1) is 11.6 Å². The van der Waals surface area contributed by atoms with Gasteiger partial charge in [-0.15, -0.1) is 0 Å². The lowest BCUT2D eigenvalue weighted by molar-refractivity contribution is 0.0701. The van der Waals surface area contributed by atoms with Crippen molar-refractivity contribution >= 4 is 5.91 Å². The molecule has 2 aliphatic rings. The molecule has 0 saturated heterocycles. The van der Waals surface area contributed by atoms with E-state index >= 15 is 0 Å². The Labute approximate surface area is 187 Å². The van der Waals surface area contributed by atoms with Gasteiger partial charge in [-0.3, -0.25) is 24.3 Å². The van der Waals surface area contributed by atoms with Crippen LogP contribution in [-0.4, -0.2) is 38.8 Å². The predicted octanol–water partition coefficient (Wildman–Crippen LogP) is 2.87. The number of hydrogen-bond acceptors (Lipinski definition) is 5. The number of halogens is 2. The van der Waals surface area contributed by atoms with Gasteiger partial charge in [0.15, 0.2) is 23.1 Å². The third kappa shape index (κ3) is 3.55. The Bertz CT molecular complexity index is 1320. The van der Waals surface area contributed by atoms with Crippen molar-refractivity contribution in [2.45, 2.75) is 18.9 Å². The van der Waals surface area contributed by atoms with E-state index in [2.05, 4.69) is 4.98 Å². The highest BCUT2D eigenvalue weighted by atomic mass is 19.2. The highest BCUT2D eigenvalue weighted by Crippen LogP contribution is 2.34. The summed E-state index contributed by atoms with van der Waals surface area (Å²) in [4.78, 5) is 31.3. The molecule has 1 unspecified atom stereocenters. The Morgan fingerprint density at radius 1 is 1.06 bits per heavy atom. The minimum absolute atomic E-state index is 0.0676. The molecule has 0 fully saturated rings. The van der Waals surface area contributed by atoms with Gasteiger partial charge >= 0.3 is 0 Å². The van der Waals surface area contributed by atoms with Crippen LogP contribution >= 0.6 is 0 Å². The van der Waals surface area contributed by atoms with Gasteiger partial charge < -0.3 is 10.0 Å². The fourth-order valence-electron chi connectivity index (χ4n) is 4.38. The van der Waals surface area contributed by atoms with Gasteiger partial charge in [0.2, 0.25) is 5.43 Å². The molecule has 9 heteroatoms. The normalized spacial score (nSPS) is 18.8. The fraction of sp³-hybridized carbons (Fsp3) is 0.208. The van der Waals surface area contributed by atoms with Crippen molar-refractivity contribution in [3.05, 3.63) is 105 Å². The Hall–Kier alpha value is -4.01. The third-order valence-corrected chi connectivity index (χ3v) is 5.95. The van der Waals surface area contributed by atoms with Crippen LogP contribution in [0.5, 0.6) is 5.75 Å². The van der Waals surface area contributed by atoms with Gasteiger partial charge in [-0.2, -0.15) is 0 Å². The number of benzene rings is 1. The van der Waals surface area contributed by atoms with Crippen molar-refractivity contribution in [3.8, 4) is 5.75 Å². The number of pyridine rings is 2. The first-order chi connectivity index (χ1) is 16.0. The van der Waals surface area contributed by atoms with Crippen LogP contribution in [0.1, 0.15) is 39.8 Å². The van der Waals surface area contributed by atoms with Crippen molar-refractivity contribution in [1.82, 2.24) is 14.6 Å². The summed E-state index contributed by atoms with van der Waals surface area (Å²) in [6, 6.07) is 8.08. The standard InChI is InChI=1S/C24H20F2N4O3/c25-17-12-15-6-2-1-5-10-28-14-30(29-11-8-20(31)23(32)22(29)24(28)33)21(16(15)13-18(17)26)19-7-3-4-9-27-19/h1,3-5,7-9,11-13,21,32H,2,6,10,14H2/b5-1-. The second-order valence-electron chi connectivity index (χ2n) is 7.96. The number of carbonyl (C=O) groups excluding carboxylic acids is 1. The van der Waals surface area contributed by atoms with E-state index in [4.69, 9.17) is 0 Å². The predicted molar refractivity (Wildman–Crippen MR) is 116 cm³/mol. The molecule has 1 N–H and O–H groups in total. The summed E-state index contributed by atoms with van der Waals surface area (Å²) in [7, 11) is 0. The number of rotatable bonds is 1. The van der Waals surface area contributed by atoms with Crippen LogP contribution in [0.15, 0.2) is 65.7 Å². The van der Waals surface area contributed by atoms with Gasteiger partial charge in [-0.25, -0.2) is 8.78 Å². The molecular formula is C24H20F2N4O3. The second-order valence-corrected chi connectivity index (χ2v) is 7.96. The van der Waals surface area contributed by atoms with Crippen LogP contribution in [0.2, 0.25) is 0 Å². The first-order valence-corrected chi connectivity index (χ1v) is 10.5. The molecule has 2 aliphatic heterocycles. The summed E-state index contributed by atoms with van der Waals surface area (Å²) < 4.78 is 30.1. The molecule has 0 aliphatic carbocycles. The third-order valence-electron chi connectivity index (χ3n) is 5.95. The molecule has 4 heterocycles. The van der Waals surface area contributed by atoms with E-state index in [1.165, 1.54) is 21.8 Å². The van der Waals surface area contributed by atoms with E-state index < -0.39 is 34.8 Å². The minimum Gasteiger partial charge on any atom is -0.502 e. The number of allylic oxidation sites excluding steroid dienone is 1. The van der Waals surface area contributed by atoms with Crippen LogP contribution in [0.4, 0.5) is 8.78 Å². The monoisotopic (exact) mass is 450 g/mol. The molecule has 0 saturated carbocycles. The number of fused-ring (bicyclic) bond motifs is 5. The summed E-state index contributed by atoms with van der Waals surface area (Å²) in [5, 5.41) is 12.2. The maximum atomic E-state index is 14.5. The summed E-state index contributed by atoms with van der Waals surface area (Å²) in [5.41, 5.74) is 0.758. The maximum absolute atomic E-state index is 14.5. The zero-order valence-electron chi connectivity index (χ0n) is 17.5. The van der Waals surface area contributed by atoms with E-state index in [1.54, 1.807) is 29.4 Å². The number of nitrogens with zero attached hydrogens (tertiary/aromatic N) is 4. The summed E-state index contributed by atoms with van der Waals surface area (Å²) in [6.07, 6.45) is 7.69. The van der Waals surface area contributed by atoms with E-state index in [0.717, 1.165) is 12.1 Å². The minimum atomic E-state index is -0.993. The summed E-state index contributed by atoms with van der Waals surface area (Å²) in [6.45, 7) is 0.310. The molecule has 0 spiro atoms. The highest BCUT2D eigenvalue weighted by Gasteiger charge is 2.37. The molecule has 7 nitrogen and oxygen atoms in total. The number of hydrogen-bond donors (Lipinski definition) is 1. The molecule has 1 aromatic carbocycles. The summed E-state index contributed by atoms with van der Waals surface area (Å²) in [5.74, 6) is -3.10. The van der Waals surface area contributed by atoms with Crippen molar-refractivity contribution < 1.29 is 18.7 Å². The number of aromatic hydroxyl groups is 1. The Kier molecular flexibility index (Phi) is 5.16. The largest absolute Gasteiger partial charge is 0.502 e. The molecule has 0 radical (unpaired) electrons. The molecule has 1 amide bonds. The first-order valence-electron chi connectivity index (χ1n) is 10.5. The quantitative estimate of drug-likeness (QED) is 0.577. The van der Waals surface area contributed by atoms with Gasteiger partial charge in [0.25, 0.3) is 5.91 Å². The Balaban J connectivity index is 1.82. The van der Waals surface area contributed by atoms with E-state index in [0.29, 0.717) is 29.7 Å². The number of aryl methyl sites for hydroxylation is 1. The Morgan fingerprint density at radius 2 is 1.88 bits per heavy atom. The topological polar surface area (TPSA) is 78.7 Å². The average molecular weight is 450 g/mol. The maximum Gasteiger partial charge on any atom is 0.278 e. The molecule has 1 atom stereocenters. The number of aromatic nitrogens is 2. The molecule has 168 valence electrons. The molecule has 2 aromatic heterocycles. The smallest absolute Gasteiger partial charge is 0.278 e. The number of amides is 1. The van der Waals surface area contributed by atoms with Gasteiger partial charge in [-0.05, 0) is 48.2 Å². The van der Waals surface area contributed by atoms with Crippen molar-refractivity contribution in [2.75, 3.05) is 18.2 Å². The highest BCUT2D eigenvalue weighted by molar-refractivity contribution is 5.96. The molecule has 3 aromatic rings. The van der Waals surface area contributed by atoms with Crippen molar-refractivity contribution in [1.29, 1.82) is 0 Å². The molecule has 33 heavy (non-hydrogen) atoms. The molecule has 2 bridgehead atoms. The van der Waals surface area contributed by atoms with Gasteiger partial charge in [0.05, 0.1) is 5.69 Å². The summed E-state index contributed by atoms with van der Waals surface area (Å²) >= 11 is 0.